The third kappa shape index (κ3) is 5.12. The molecule has 0 aromatic heterocycles. The van der Waals surface area contributed by atoms with Crippen molar-refractivity contribution in [1.29, 1.82) is 0 Å². The third-order valence-corrected chi connectivity index (χ3v) is 4.24. The molecule has 0 atom stereocenters. The SMILES string of the molecule is O=C(NO)c1c#cc2c(c1)CCCN(Cc1cccc(OC(F)(F)F)c1)C2. The number of carbonyl (C=O) groups excluding carboxylic acids is 1. The molecule has 2 aromatic carbocycles. The highest BCUT2D eigenvalue weighted by atomic mass is 19.4. The van der Waals surface area contributed by atoms with Gasteiger partial charge in [0.25, 0.3) is 5.91 Å². The number of hydrogen-bond acceptors (Lipinski definition) is 4. The Morgan fingerprint density at radius 1 is 1.30 bits per heavy atom. The molecule has 0 bridgehead atoms. The monoisotopic (exact) mass is 378 g/mol. The van der Waals surface area contributed by atoms with Crippen molar-refractivity contribution in [2.45, 2.75) is 32.3 Å². The lowest BCUT2D eigenvalue weighted by molar-refractivity contribution is -0.274. The van der Waals surface area contributed by atoms with Gasteiger partial charge in [-0.3, -0.25) is 14.9 Å². The van der Waals surface area contributed by atoms with Crippen LogP contribution in [0.5, 0.6) is 5.75 Å². The fourth-order valence-electron chi connectivity index (χ4n) is 3.10. The normalized spacial score (nSPS) is 14.7. The zero-order chi connectivity index (χ0) is 19.4. The van der Waals surface area contributed by atoms with Crippen LogP contribution in [-0.4, -0.2) is 28.9 Å². The molecule has 0 radical (unpaired) electrons. The summed E-state index contributed by atoms with van der Waals surface area (Å²) < 4.78 is 41.1. The van der Waals surface area contributed by atoms with E-state index in [1.165, 1.54) is 18.2 Å². The van der Waals surface area contributed by atoms with Crippen molar-refractivity contribution in [2.24, 2.45) is 0 Å². The van der Waals surface area contributed by atoms with Crippen molar-refractivity contribution < 1.29 is 27.9 Å². The van der Waals surface area contributed by atoms with Crippen LogP contribution in [0.25, 0.3) is 0 Å². The fourth-order valence-corrected chi connectivity index (χ4v) is 3.10. The highest BCUT2D eigenvalue weighted by Gasteiger charge is 2.31. The van der Waals surface area contributed by atoms with Crippen molar-refractivity contribution >= 4 is 5.91 Å². The van der Waals surface area contributed by atoms with Gasteiger partial charge in [-0.05, 0) is 48.7 Å². The second-order valence-corrected chi connectivity index (χ2v) is 6.26. The first-order chi connectivity index (χ1) is 12.8. The second kappa shape index (κ2) is 7.86. The standard InChI is InChI=1S/C19H17F3N2O3/c20-19(21,22)27-17-5-1-3-13(9-17)11-24-8-2-4-14-10-15(18(25)23-26)6-7-16(14)12-24/h1,3,5,9-10,26H,2,4,8,11-12H2,(H,23,25). The average molecular weight is 378 g/mol. The van der Waals surface area contributed by atoms with Crippen LogP contribution in [0.2, 0.25) is 0 Å². The minimum atomic E-state index is -4.72. The summed E-state index contributed by atoms with van der Waals surface area (Å²) in [5.74, 6) is -0.883. The van der Waals surface area contributed by atoms with Crippen molar-refractivity contribution in [1.82, 2.24) is 10.4 Å². The number of aryl methyl sites for hydroxylation is 1. The summed E-state index contributed by atoms with van der Waals surface area (Å²) >= 11 is 0. The molecule has 1 aliphatic rings. The molecule has 1 amide bonds. The molecule has 3 rings (SSSR count). The van der Waals surface area contributed by atoms with Gasteiger partial charge < -0.3 is 4.74 Å². The number of amides is 1. The summed E-state index contributed by atoms with van der Waals surface area (Å²) in [6, 6.07) is 13.3. The maximum atomic E-state index is 12.4. The van der Waals surface area contributed by atoms with E-state index in [2.05, 4.69) is 21.8 Å². The number of ether oxygens (including phenoxy) is 1. The quantitative estimate of drug-likeness (QED) is 0.633. The molecule has 0 spiro atoms. The topological polar surface area (TPSA) is 61.8 Å². The lowest BCUT2D eigenvalue weighted by Crippen LogP contribution is -2.23. The maximum absolute atomic E-state index is 12.4. The number of nitrogens with zero attached hydrogens (tertiary/aromatic N) is 1. The van der Waals surface area contributed by atoms with E-state index >= 15 is 0 Å². The largest absolute Gasteiger partial charge is 0.573 e. The fraction of sp³-hybridized carbons (Fsp3) is 0.316. The van der Waals surface area contributed by atoms with E-state index in [4.69, 9.17) is 5.21 Å². The van der Waals surface area contributed by atoms with Crippen LogP contribution < -0.4 is 10.2 Å². The molecule has 142 valence electrons. The summed E-state index contributed by atoms with van der Waals surface area (Å²) in [7, 11) is 0. The molecule has 0 saturated carbocycles. The minimum absolute atomic E-state index is 0.210. The van der Waals surface area contributed by atoms with Crippen LogP contribution in [0.4, 0.5) is 13.2 Å². The summed E-state index contributed by atoms with van der Waals surface area (Å²) in [6.07, 6.45) is -3.16. The number of alkyl halides is 3. The van der Waals surface area contributed by atoms with Gasteiger partial charge in [-0.2, -0.15) is 0 Å². The molecule has 0 saturated heterocycles. The van der Waals surface area contributed by atoms with Gasteiger partial charge in [0, 0.05) is 18.7 Å². The molecular weight excluding hydrogens is 361 g/mol. The summed E-state index contributed by atoms with van der Waals surface area (Å²) in [5.41, 5.74) is 4.32. The van der Waals surface area contributed by atoms with E-state index in [-0.39, 0.29) is 11.3 Å². The van der Waals surface area contributed by atoms with Crippen molar-refractivity contribution in [3.63, 3.8) is 0 Å². The number of fused-ring (bicyclic) bond motifs is 1. The van der Waals surface area contributed by atoms with Gasteiger partial charge in [0.2, 0.25) is 0 Å². The van der Waals surface area contributed by atoms with Gasteiger partial charge in [0.15, 0.2) is 0 Å². The average Bonchev–Trinajstić information content (AvgIpc) is 2.80. The van der Waals surface area contributed by atoms with Gasteiger partial charge >= 0.3 is 6.36 Å². The predicted octanol–water partition coefficient (Wildman–Crippen LogP) is 3.25. The Hall–Kier alpha value is -2.76. The molecule has 0 aliphatic carbocycles. The Labute approximate surface area is 154 Å². The number of halogens is 3. The van der Waals surface area contributed by atoms with Gasteiger partial charge in [0.1, 0.15) is 5.75 Å². The Balaban J connectivity index is 1.72. The van der Waals surface area contributed by atoms with Crippen molar-refractivity contribution in [2.75, 3.05) is 6.54 Å². The Morgan fingerprint density at radius 3 is 2.85 bits per heavy atom. The van der Waals surface area contributed by atoms with E-state index in [9.17, 15) is 18.0 Å². The Kier molecular flexibility index (Phi) is 5.54. The van der Waals surface area contributed by atoms with E-state index in [0.717, 1.165) is 30.5 Å². The maximum Gasteiger partial charge on any atom is 0.573 e. The molecule has 8 heteroatoms. The van der Waals surface area contributed by atoms with Gasteiger partial charge in [-0.25, -0.2) is 5.48 Å². The molecule has 5 nitrogen and oxygen atoms in total. The zero-order valence-electron chi connectivity index (χ0n) is 14.3. The third-order valence-electron chi connectivity index (χ3n) is 4.24. The van der Waals surface area contributed by atoms with Gasteiger partial charge in [0.05, 0.1) is 5.56 Å². The first-order valence-electron chi connectivity index (χ1n) is 8.31. The molecule has 0 fully saturated rings. The first kappa shape index (κ1) is 19.0. The molecule has 27 heavy (non-hydrogen) atoms. The summed E-state index contributed by atoms with van der Waals surface area (Å²) in [6.45, 7) is 1.74. The van der Waals surface area contributed by atoms with E-state index in [1.807, 2.05) is 0 Å². The van der Waals surface area contributed by atoms with Crippen LogP contribution >= 0.6 is 0 Å². The van der Waals surface area contributed by atoms with Gasteiger partial charge in [-0.1, -0.05) is 24.3 Å². The van der Waals surface area contributed by atoms with Crippen LogP contribution in [0.15, 0.2) is 30.3 Å². The Morgan fingerprint density at radius 2 is 2.11 bits per heavy atom. The van der Waals surface area contributed by atoms with Crippen molar-refractivity contribution in [3.05, 3.63) is 64.7 Å². The highest BCUT2D eigenvalue weighted by Crippen LogP contribution is 2.25. The van der Waals surface area contributed by atoms with E-state index in [1.54, 1.807) is 17.6 Å². The zero-order valence-corrected chi connectivity index (χ0v) is 14.3. The molecule has 0 unspecified atom stereocenters. The van der Waals surface area contributed by atoms with Crippen LogP contribution in [0.1, 0.15) is 33.5 Å². The smallest absolute Gasteiger partial charge is 0.406 e. The lowest BCUT2D eigenvalue weighted by Gasteiger charge is -2.20. The van der Waals surface area contributed by atoms with E-state index < -0.39 is 12.3 Å². The lowest BCUT2D eigenvalue weighted by atomic mass is 10.0. The highest BCUT2D eigenvalue weighted by molar-refractivity contribution is 5.92. The predicted molar refractivity (Wildman–Crippen MR) is 88.9 cm³/mol. The summed E-state index contributed by atoms with van der Waals surface area (Å²) in [4.78, 5) is 13.6. The molecule has 1 aliphatic heterocycles. The second-order valence-electron chi connectivity index (χ2n) is 6.26. The molecule has 2 aromatic rings. The molecule has 2 N–H and O–H groups in total. The van der Waals surface area contributed by atoms with Gasteiger partial charge in [-0.15, -0.1) is 13.2 Å². The van der Waals surface area contributed by atoms with Crippen LogP contribution in [0, 0.1) is 12.1 Å². The number of rotatable bonds is 4. The number of benzene rings is 1. The minimum Gasteiger partial charge on any atom is -0.406 e. The Bertz CT molecular complexity index is 824. The number of carbonyl (C=O) groups is 1. The number of nitrogens with one attached hydrogen (secondary N) is 1. The first-order valence-corrected chi connectivity index (χ1v) is 8.31. The number of hydroxylamine groups is 1. The van der Waals surface area contributed by atoms with Crippen molar-refractivity contribution in [3.8, 4) is 5.75 Å². The number of hydrogen-bond donors (Lipinski definition) is 2. The van der Waals surface area contributed by atoms with Crippen LogP contribution in [-0.2, 0) is 19.5 Å². The van der Waals surface area contributed by atoms with Crippen LogP contribution in [0.3, 0.4) is 0 Å². The molecule has 1 heterocycles. The van der Waals surface area contributed by atoms with E-state index in [0.29, 0.717) is 18.7 Å². The molecular formula is C19H17F3N2O3. The summed E-state index contributed by atoms with van der Waals surface area (Å²) in [5, 5.41) is 8.72.